The summed E-state index contributed by atoms with van der Waals surface area (Å²) >= 11 is 0. The van der Waals surface area contributed by atoms with Crippen LogP contribution in [0.5, 0.6) is 0 Å². The van der Waals surface area contributed by atoms with Crippen molar-refractivity contribution in [2.75, 3.05) is 0 Å². The number of carbonyl (C=O) groups is 1. The van der Waals surface area contributed by atoms with Crippen LogP contribution >= 0.6 is 0 Å². The highest BCUT2D eigenvalue weighted by Gasteiger charge is 2.10. The van der Waals surface area contributed by atoms with Crippen LogP contribution in [0.1, 0.15) is 6.42 Å². The van der Waals surface area contributed by atoms with Crippen molar-refractivity contribution in [3.63, 3.8) is 0 Å². The minimum Gasteiger partial charge on any atom is -0.408 e. The van der Waals surface area contributed by atoms with E-state index in [1.165, 1.54) is 4.57 Å². The van der Waals surface area contributed by atoms with Gasteiger partial charge in [0.2, 0.25) is 5.78 Å². The van der Waals surface area contributed by atoms with E-state index in [2.05, 4.69) is 4.79 Å². The van der Waals surface area contributed by atoms with Crippen molar-refractivity contribution in [1.82, 2.24) is 4.57 Å². The van der Waals surface area contributed by atoms with Crippen LogP contribution in [0.3, 0.4) is 0 Å². The molecule has 0 atom stereocenters. The molecular weight excluding hydrogens is 222 g/mol. The number of rotatable bonds is 4. The molecule has 0 aliphatic carbocycles. The number of carbonyl (C=O) groups excluding carboxylic acids is 1. The first-order chi connectivity index (χ1) is 8.22. The highest BCUT2D eigenvalue weighted by atomic mass is 16.4. The Kier molecular flexibility index (Phi) is 2.98. The van der Waals surface area contributed by atoms with Crippen LogP contribution in [-0.2, 0) is 11.3 Å². The zero-order valence-electron chi connectivity index (χ0n) is 8.87. The molecule has 6 heteroatoms. The first-order valence-corrected chi connectivity index (χ1v) is 5.01. The maximum Gasteiger partial charge on any atom is 0.419 e. The first-order valence-electron chi connectivity index (χ1n) is 5.01. The van der Waals surface area contributed by atoms with Crippen molar-refractivity contribution < 1.29 is 14.0 Å². The van der Waals surface area contributed by atoms with E-state index >= 15 is 0 Å². The van der Waals surface area contributed by atoms with Gasteiger partial charge in [-0.15, -0.1) is 0 Å². The van der Waals surface area contributed by atoms with Crippen molar-refractivity contribution in [1.29, 1.82) is 0 Å². The molecule has 1 aromatic carbocycles. The Morgan fingerprint density at radius 2 is 2.24 bits per heavy atom. The summed E-state index contributed by atoms with van der Waals surface area (Å²) in [5.41, 5.74) is 9.31. The van der Waals surface area contributed by atoms with Crippen molar-refractivity contribution in [2.24, 2.45) is 0 Å². The monoisotopic (exact) mass is 231 g/mol. The second-order valence-corrected chi connectivity index (χ2v) is 3.45. The summed E-state index contributed by atoms with van der Waals surface area (Å²) in [6, 6.07) is 6.97. The lowest BCUT2D eigenvalue weighted by atomic mass is 10.3. The maximum absolute atomic E-state index is 11.5. The fourth-order valence-corrected chi connectivity index (χ4v) is 1.58. The first kappa shape index (κ1) is 11.0. The number of fused-ring (bicyclic) bond motifs is 1. The van der Waals surface area contributed by atoms with Gasteiger partial charge in [0, 0.05) is 13.0 Å². The molecule has 1 aromatic heterocycles. The quantitative estimate of drug-likeness (QED) is 0.444. The van der Waals surface area contributed by atoms with E-state index in [0.29, 0.717) is 11.1 Å². The molecule has 0 amide bonds. The van der Waals surface area contributed by atoms with Gasteiger partial charge in [-0.3, -0.25) is 9.36 Å². The molecule has 1 heterocycles. The highest BCUT2D eigenvalue weighted by molar-refractivity contribution is 6.25. The van der Waals surface area contributed by atoms with E-state index in [1.807, 2.05) is 0 Å². The Balaban J connectivity index is 2.30. The van der Waals surface area contributed by atoms with Gasteiger partial charge in [0.05, 0.1) is 5.52 Å². The summed E-state index contributed by atoms with van der Waals surface area (Å²) in [6.07, 6.45) is 0.890. The predicted molar refractivity (Wildman–Crippen MR) is 59.8 cm³/mol. The van der Waals surface area contributed by atoms with Gasteiger partial charge in [-0.25, -0.2) is 4.79 Å². The number of Topliss-reactive ketones (excluding diaryl/α,β-unsaturated/α-hetero) is 1. The van der Waals surface area contributed by atoms with Crippen LogP contribution in [0.2, 0.25) is 0 Å². The summed E-state index contributed by atoms with van der Waals surface area (Å²) in [6.45, 7) is 0.195. The second kappa shape index (κ2) is 4.59. The molecular formula is C11H9N3O3. The molecule has 17 heavy (non-hydrogen) atoms. The highest BCUT2D eigenvalue weighted by Crippen LogP contribution is 2.11. The molecule has 0 spiro atoms. The topological polar surface area (TPSA) is 88.6 Å². The molecule has 0 aliphatic rings. The molecule has 0 saturated carbocycles. The van der Waals surface area contributed by atoms with Gasteiger partial charge < -0.3 is 9.95 Å². The van der Waals surface area contributed by atoms with Gasteiger partial charge in [-0.1, -0.05) is 12.1 Å². The van der Waals surface area contributed by atoms with Crippen LogP contribution in [0.25, 0.3) is 16.6 Å². The van der Waals surface area contributed by atoms with Crippen LogP contribution in [-0.4, -0.2) is 21.4 Å². The van der Waals surface area contributed by atoms with E-state index in [0.717, 1.165) is 6.21 Å². The fourth-order valence-electron chi connectivity index (χ4n) is 1.58. The fraction of sp³-hybridized carbons (Fsp3) is 0.182. The third kappa shape index (κ3) is 2.21. The second-order valence-electron chi connectivity index (χ2n) is 3.45. The zero-order chi connectivity index (χ0) is 12.3. The number of nitrogens with zero attached hydrogens (tertiary/aromatic N) is 3. The van der Waals surface area contributed by atoms with Crippen LogP contribution in [0, 0.1) is 0 Å². The molecule has 0 unspecified atom stereocenters. The van der Waals surface area contributed by atoms with Gasteiger partial charge in [0.15, 0.2) is 5.58 Å². The molecule has 0 bridgehead atoms. The molecule has 0 aliphatic heterocycles. The van der Waals surface area contributed by atoms with Gasteiger partial charge in [0.1, 0.15) is 0 Å². The lowest BCUT2D eigenvalue weighted by Crippen LogP contribution is -2.16. The van der Waals surface area contributed by atoms with Gasteiger partial charge in [-0.2, -0.15) is 4.79 Å². The minimum atomic E-state index is -0.500. The van der Waals surface area contributed by atoms with Crippen molar-refractivity contribution in [2.45, 2.75) is 13.0 Å². The number of hydrogen-bond donors (Lipinski definition) is 0. The lowest BCUT2D eigenvalue weighted by molar-refractivity contribution is -0.116. The van der Waals surface area contributed by atoms with Gasteiger partial charge in [-0.05, 0) is 12.1 Å². The summed E-state index contributed by atoms with van der Waals surface area (Å²) < 4.78 is 6.38. The molecule has 2 aromatic rings. The number of ketones is 1. The molecule has 86 valence electrons. The summed E-state index contributed by atoms with van der Waals surface area (Å²) in [5, 5.41) is 0. The number of benzene rings is 1. The standard InChI is InChI=1S/C11H9N3O3/c12-13-7-8(15)5-6-14-9-3-1-2-4-10(9)17-11(14)16/h1-4,7H,5-6H2. The number of hydrogen-bond acceptors (Lipinski definition) is 3. The molecule has 0 fully saturated rings. The Hall–Kier alpha value is -2.46. The number of aryl methyl sites for hydroxylation is 1. The number of oxazole rings is 1. The SMILES string of the molecule is [N-]=[N+]=CC(=O)CCn1c(=O)oc2ccccc21. The maximum atomic E-state index is 11.5. The smallest absolute Gasteiger partial charge is 0.408 e. The van der Waals surface area contributed by atoms with Crippen molar-refractivity contribution >= 4 is 23.1 Å². The molecule has 0 saturated heterocycles. The Morgan fingerprint density at radius 1 is 1.47 bits per heavy atom. The molecule has 0 N–H and O–H groups in total. The van der Waals surface area contributed by atoms with Gasteiger partial charge >= 0.3 is 12.0 Å². The van der Waals surface area contributed by atoms with E-state index in [9.17, 15) is 9.59 Å². The zero-order valence-corrected chi connectivity index (χ0v) is 8.87. The lowest BCUT2D eigenvalue weighted by Gasteiger charge is -1.97. The van der Waals surface area contributed by atoms with Crippen molar-refractivity contribution in [3.8, 4) is 0 Å². The van der Waals surface area contributed by atoms with Crippen LogP contribution in [0.15, 0.2) is 33.5 Å². The third-order valence-corrected chi connectivity index (χ3v) is 2.36. The van der Waals surface area contributed by atoms with E-state index in [-0.39, 0.29) is 18.7 Å². The predicted octanol–water partition coefficient (Wildman–Crippen LogP) is 0.854. The minimum absolute atomic E-state index is 0.0769. The number of aromatic nitrogens is 1. The molecule has 0 radical (unpaired) electrons. The van der Waals surface area contributed by atoms with Gasteiger partial charge in [0.25, 0.3) is 0 Å². The van der Waals surface area contributed by atoms with E-state index in [4.69, 9.17) is 9.95 Å². The summed E-state index contributed by atoms with van der Waals surface area (Å²) in [4.78, 5) is 25.3. The average molecular weight is 231 g/mol. The summed E-state index contributed by atoms with van der Waals surface area (Å²) in [7, 11) is 0. The van der Waals surface area contributed by atoms with Crippen LogP contribution < -0.4 is 5.76 Å². The Morgan fingerprint density at radius 3 is 3.00 bits per heavy atom. The third-order valence-electron chi connectivity index (χ3n) is 2.36. The Labute approximate surface area is 95.7 Å². The molecule has 6 nitrogen and oxygen atoms in total. The van der Waals surface area contributed by atoms with Crippen LogP contribution in [0.4, 0.5) is 0 Å². The number of para-hydroxylation sites is 2. The Bertz CT molecular complexity index is 662. The van der Waals surface area contributed by atoms with E-state index in [1.54, 1.807) is 24.3 Å². The largest absolute Gasteiger partial charge is 0.419 e. The average Bonchev–Trinajstić information content (AvgIpc) is 2.62. The van der Waals surface area contributed by atoms with E-state index < -0.39 is 5.76 Å². The van der Waals surface area contributed by atoms with Crippen molar-refractivity contribution in [3.05, 3.63) is 40.3 Å². The normalized spacial score (nSPS) is 10.1. The summed E-state index contributed by atoms with van der Waals surface area (Å²) in [5.74, 6) is -0.857. The molecule has 2 rings (SSSR count).